The zero-order valence-corrected chi connectivity index (χ0v) is 11.8. The van der Waals surface area contributed by atoms with Crippen molar-refractivity contribution in [1.82, 2.24) is 9.97 Å². The first-order valence-corrected chi connectivity index (χ1v) is 6.46. The van der Waals surface area contributed by atoms with E-state index in [1.165, 1.54) is 12.4 Å². The molecular formula is C14H13F3N2S. The highest BCUT2D eigenvalue weighted by molar-refractivity contribution is 7.71. The molecule has 0 spiro atoms. The normalized spacial score (nSPS) is 11.9. The first kappa shape index (κ1) is 14.7. The number of H-pyrrole nitrogens is 1. The number of hydrogen-bond acceptors (Lipinski definition) is 2. The van der Waals surface area contributed by atoms with Crippen molar-refractivity contribution in [3.05, 3.63) is 46.4 Å². The monoisotopic (exact) mass is 298 g/mol. The summed E-state index contributed by atoms with van der Waals surface area (Å²) in [6, 6.07) is 5.18. The first-order chi connectivity index (χ1) is 9.30. The molecule has 2 nitrogen and oxygen atoms in total. The lowest BCUT2D eigenvalue weighted by atomic mass is 9.97. The topological polar surface area (TPSA) is 28.7 Å². The molecule has 2 aromatic rings. The zero-order chi connectivity index (χ0) is 14.9. The number of nitrogens with zero attached hydrogens (tertiary/aromatic N) is 1. The van der Waals surface area contributed by atoms with Crippen LogP contribution in [0.15, 0.2) is 30.6 Å². The Morgan fingerprint density at radius 3 is 2.55 bits per heavy atom. The molecule has 0 amide bonds. The van der Waals surface area contributed by atoms with Gasteiger partial charge >= 0.3 is 6.18 Å². The summed E-state index contributed by atoms with van der Waals surface area (Å²) in [6.07, 6.45) is -2.96. The van der Waals surface area contributed by atoms with E-state index in [1.54, 1.807) is 6.07 Å². The standard InChI is InChI=1S/C14H13F3N2S/c1-8(2)11-12(18-7-19-13(11)20)9-4-3-5-10(6-9)14(15,16)17/h3-8H,1-2H3,(H,18,19,20). The molecule has 0 saturated heterocycles. The minimum absolute atomic E-state index is 0.0667. The number of nitrogens with one attached hydrogen (secondary N) is 1. The second-order valence-electron chi connectivity index (χ2n) is 4.73. The van der Waals surface area contributed by atoms with Gasteiger partial charge in [0.15, 0.2) is 0 Å². The van der Waals surface area contributed by atoms with Crippen molar-refractivity contribution in [2.45, 2.75) is 25.9 Å². The second-order valence-corrected chi connectivity index (χ2v) is 5.12. The van der Waals surface area contributed by atoms with Crippen LogP contribution in [0.1, 0.15) is 30.9 Å². The van der Waals surface area contributed by atoms with Gasteiger partial charge in [-0.2, -0.15) is 13.2 Å². The maximum absolute atomic E-state index is 12.8. The molecule has 0 unspecified atom stereocenters. The van der Waals surface area contributed by atoms with Gasteiger partial charge in [0.1, 0.15) is 4.64 Å². The molecule has 0 fully saturated rings. The van der Waals surface area contributed by atoms with E-state index < -0.39 is 11.7 Å². The van der Waals surface area contributed by atoms with Gasteiger partial charge in [-0.25, -0.2) is 4.98 Å². The summed E-state index contributed by atoms with van der Waals surface area (Å²) in [5.74, 6) is 0.0667. The fraction of sp³-hybridized carbons (Fsp3) is 0.286. The molecule has 0 saturated carbocycles. The van der Waals surface area contributed by atoms with E-state index in [0.717, 1.165) is 17.7 Å². The van der Waals surface area contributed by atoms with Crippen molar-refractivity contribution in [2.24, 2.45) is 0 Å². The van der Waals surface area contributed by atoms with Gasteiger partial charge in [-0.05, 0) is 23.6 Å². The molecule has 2 rings (SSSR count). The van der Waals surface area contributed by atoms with Crippen LogP contribution in [0.5, 0.6) is 0 Å². The van der Waals surface area contributed by atoms with Crippen molar-refractivity contribution >= 4 is 12.2 Å². The number of aromatic amines is 1. The third-order valence-electron chi connectivity index (χ3n) is 2.95. The lowest BCUT2D eigenvalue weighted by Crippen LogP contribution is -2.05. The lowest BCUT2D eigenvalue weighted by Gasteiger charge is -2.14. The Hall–Kier alpha value is -1.69. The lowest BCUT2D eigenvalue weighted by molar-refractivity contribution is -0.137. The average Bonchev–Trinajstić information content (AvgIpc) is 2.37. The summed E-state index contributed by atoms with van der Waals surface area (Å²) in [5.41, 5.74) is 1.12. The number of rotatable bonds is 2. The predicted molar refractivity (Wildman–Crippen MR) is 73.9 cm³/mol. The minimum atomic E-state index is -4.36. The molecule has 0 radical (unpaired) electrons. The maximum Gasteiger partial charge on any atom is 0.416 e. The molecule has 6 heteroatoms. The van der Waals surface area contributed by atoms with Crippen LogP contribution in [0.3, 0.4) is 0 Å². The van der Waals surface area contributed by atoms with Gasteiger partial charge in [0.25, 0.3) is 0 Å². The van der Waals surface area contributed by atoms with Crippen LogP contribution in [0.4, 0.5) is 13.2 Å². The van der Waals surface area contributed by atoms with Crippen LogP contribution in [0, 0.1) is 4.64 Å². The van der Waals surface area contributed by atoms with Crippen molar-refractivity contribution in [3.63, 3.8) is 0 Å². The third-order valence-corrected chi connectivity index (χ3v) is 3.27. The van der Waals surface area contributed by atoms with E-state index in [2.05, 4.69) is 9.97 Å². The molecule has 1 heterocycles. The second kappa shape index (κ2) is 5.36. The number of alkyl halides is 3. The van der Waals surface area contributed by atoms with Gasteiger partial charge in [-0.15, -0.1) is 0 Å². The summed E-state index contributed by atoms with van der Waals surface area (Å²) in [6.45, 7) is 3.86. The van der Waals surface area contributed by atoms with E-state index in [9.17, 15) is 13.2 Å². The summed E-state index contributed by atoms with van der Waals surface area (Å²) in [5, 5.41) is 0. The van der Waals surface area contributed by atoms with E-state index in [1.807, 2.05) is 13.8 Å². The highest BCUT2D eigenvalue weighted by atomic mass is 32.1. The molecule has 0 bridgehead atoms. The summed E-state index contributed by atoms with van der Waals surface area (Å²) in [7, 11) is 0. The van der Waals surface area contributed by atoms with Crippen molar-refractivity contribution < 1.29 is 13.2 Å². The maximum atomic E-state index is 12.8. The summed E-state index contributed by atoms with van der Waals surface area (Å²) < 4.78 is 38.7. The van der Waals surface area contributed by atoms with Crippen LogP contribution in [0.25, 0.3) is 11.3 Å². The number of hydrogen-bond donors (Lipinski definition) is 1. The molecule has 20 heavy (non-hydrogen) atoms. The van der Waals surface area contributed by atoms with Gasteiger partial charge in [-0.1, -0.05) is 38.2 Å². The number of aromatic nitrogens is 2. The highest BCUT2D eigenvalue weighted by Gasteiger charge is 2.30. The predicted octanol–water partition coefficient (Wildman–Crippen LogP) is 4.95. The highest BCUT2D eigenvalue weighted by Crippen LogP contribution is 2.33. The smallest absolute Gasteiger partial charge is 0.346 e. The van der Waals surface area contributed by atoms with Gasteiger partial charge < -0.3 is 4.98 Å². The van der Waals surface area contributed by atoms with E-state index >= 15 is 0 Å². The molecule has 1 aromatic heterocycles. The molecule has 1 aromatic carbocycles. The van der Waals surface area contributed by atoms with Crippen molar-refractivity contribution in [3.8, 4) is 11.3 Å². The third kappa shape index (κ3) is 2.90. The van der Waals surface area contributed by atoms with Crippen LogP contribution < -0.4 is 0 Å². The van der Waals surface area contributed by atoms with Crippen LogP contribution >= 0.6 is 12.2 Å². The Balaban J connectivity index is 2.64. The molecule has 0 aliphatic rings. The Labute approximate surface area is 119 Å². The van der Waals surface area contributed by atoms with E-state index in [4.69, 9.17) is 12.2 Å². The molecule has 1 N–H and O–H groups in total. The Morgan fingerprint density at radius 2 is 1.95 bits per heavy atom. The fourth-order valence-electron chi connectivity index (χ4n) is 2.04. The van der Waals surface area contributed by atoms with Crippen molar-refractivity contribution in [2.75, 3.05) is 0 Å². The quantitative estimate of drug-likeness (QED) is 0.795. The molecule has 0 atom stereocenters. The average molecular weight is 298 g/mol. The fourth-order valence-corrected chi connectivity index (χ4v) is 2.43. The van der Waals surface area contributed by atoms with E-state index in [-0.39, 0.29) is 5.92 Å². The number of benzene rings is 1. The zero-order valence-electron chi connectivity index (χ0n) is 11.0. The summed E-state index contributed by atoms with van der Waals surface area (Å²) >= 11 is 5.17. The number of halogens is 3. The first-order valence-electron chi connectivity index (χ1n) is 6.06. The largest absolute Gasteiger partial charge is 0.416 e. The van der Waals surface area contributed by atoms with Gasteiger partial charge in [-0.3, -0.25) is 0 Å². The van der Waals surface area contributed by atoms with Crippen LogP contribution in [-0.4, -0.2) is 9.97 Å². The van der Waals surface area contributed by atoms with Crippen LogP contribution in [-0.2, 0) is 6.18 Å². The SMILES string of the molecule is CC(C)c1c(-c2cccc(C(F)(F)F)c2)[nH]cnc1=S. The van der Waals surface area contributed by atoms with Crippen LogP contribution in [0.2, 0.25) is 0 Å². The van der Waals surface area contributed by atoms with Gasteiger partial charge in [0.2, 0.25) is 0 Å². The van der Waals surface area contributed by atoms with Gasteiger partial charge in [0, 0.05) is 5.56 Å². The van der Waals surface area contributed by atoms with Crippen molar-refractivity contribution in [1.29, 1.82) is 0 Å². The Kier molecular flexibility index (Phi) is 3.94. The molecule has 0 aliphatic carbocycles. The van der Waals surface area contributed by atoms with Gasteiger partial charge in [0.05, 0.1) is 17.6 Å². The molecule has 106 valence electrons. The Morgan fingerprint density at radius 1 is 1.25 bits per heavy atom. The van der Waals surface area contributed by atoms with E-state index in [0.29, 0.717) is 15.9 Å². The summed E-state index contributed by atoms with van der Waals surface area (Å²) in [4.78, 5) is 6.90. The minimum Gasteiger partial charge on any atom is -0.346 e. The molecule has 0 aliphatic heterocycles. The Bertz CT molecular complexity index is 675. The molecular weight excluding hydrogens is 285 g/mol.